The molecule has 3 aromatic rings. The molecule has 0 aliphatic carbocycles. The summed E-state index contributed by atoms with van der Waals surface area (Å²) in [4.78, 5) is 2.20. The minimum Gasteiger partial charge on any atom is -0.420 e. The molecule has 0 radical (unpaired) electrons. The van der Waals surface area contributed by atoms with E-state index in [1.807, 2.05) is 24.3 Å². The molecule has 1 fully saturated rings. The molecule has 0 N–H and O–H groups in total. The predicted molar refractivity (Wildman–Crippen MR) is 99.9 cm³/mol. The summed E-state index contributed by atoms with van der Waals surface area (Å²) in [5, 5.41) is 17.7. The van der Waals surface area contributed by atoms with Gasteiger partial charge >= 0.3 is 0 Å². The van der Waals surface area contributed by atoms with Crippen molar-refractivity contribution in [1.29, 1.82) is 0 Å². The van der Waals surface area contributed by atoms with Gasteiger partial charge in [0.25, 0.3) is 0 Å². The molecule has 4 rings (SSSR count). The summed E-state index contributed by atoms with van der Waals surface area (Å²) < 4.78 is 12.9. The first-order valence-corrected chi connectivity index (χ1v) is 10.3. The lowest BCUT2D eigenvalue weighted by Gasteiger charge is -2.25. The van der Waals surface area contributed by atoms with Crippen LogP contribution in [0.4, 0.5) is 5.13 Å². The zero-order chi connectivity index (χ0) is 17.1. The van der Waals surface area contributed by atoms with Crippen molar-refractivity contribution in [3.05, 3.63) is 34.6 Å². The van der Waals surface area contributed by atoms with Crippen LogP contribution in [0.25, 0.3) is 11.5 Å². The van der Waals surface area contributed by atoms with E-state index in [2.05, 4.69) is 41.2 Å². The van der Waals surface area contributed by atoms with E-state index in [1.165, 1.54) is 0 Å². The molecule has 1 aromatic carbocycles. The van der Waals surface area contributed by atoms with Crippen molar-refractivity contribution < 1.29 is 9.15 Å². The molecule has 1 aliphatic rings. The number of halogens is 1. The Balaban J connectivity index is 1.39. The third-order valence-electron chi connectivity index (χ3n) is 3.57. The Morgan fingerprint density at radius 2 is 1.96 bits per heavy atom. The summed E-state index contributed by atoms with van der Waals surface area (Å²) in [5.74, 6) is 1.64. The average molecular weight is 440 g/mol. The number of nitrogens with zero attached hydrogens (tertiary/aromatic N) is 5. The predicted octanol–water partition coefficient (Wildman–Crippen LogP) is 3.48. The molecule has 2 aromatic heterocycles. The highest BCUT2D eigenvalue weighted by molar-refractivity contribution is 9.10. The van der Waals surface area contributed by atoms with Gasteiger partial charge in [0.05, 0.1) is 24.5 Å². The Hall–Kier alpha value is -1.49. The standard InChI is InChI=1S/C15H14BrN5O2S2/c16-11-4-2-1-3-10(11)13-18-17-12(23-13)9-24-15-20-19-14(25-15)21-5-7-22-8-6-21/h1-4H,5-9H2. The van der Waals surface area contributed by atoms with Gasteiger partial charge in [0.15, 0.2) is 4.34 Å². The molecule has 0 spiro atoms. The fraction of sp³-hybridized carbons (Fsp3) is 0.333. The van der Waals surface area contributed by atoms with Gasteiger partial charge in [-0.05, 0) is 28.1 Å². The number of morpholine rings is 1. The Bertz CT molecular complexity index is 850. The van der Waals surface area contributed by atoms with Gasteiger partial charge in [-0.3, -0.25) is 0 Å². The van der Waals surface area contributed by atoms with Crippen LogP contribution in [0.5, 0.6) is 0 Å². The van der Waals surface area contributed by atoms with E-state index in [0.717, 1.165) is 45.8 Å². The molecule has 0 saturated carbocycles. The van der Waals surface area contributed by atoms with Crippen molar-refractivity contribution in [2.24, 2.45) is 0 Å². The molecule has 130 valence electrons. The van der Waals surface area contributed by atoms with Crippen molar-refractivity contribution in [2.75, 3.05) is 31.2 Å². The van der Waals surface area contributed by atoms with Crippen molar-refractivity contribution in [1.82, 2.24) is 20.4 Å². The lowest BCUT2D eigenvalue weighted by molar-refractivity contribution is 0.122. The molecule has 10 heteroatoms. The first kappa shape index (κ1) is 17.0. The number of aromatic nitrogens is 4. The highest BCUT2D eigenvalue weighted by Gasteiger charge is 2.17. The van der Waals surface area contributed by atoms with Crippen LogP contribution in [0, 0.1) is 0 Å². The molecule has 0 amide bonds. The quantitative estimate of drug-likeness (QED) is 0.559. The largest absolute Gasteiger partial charge is 0.420 e. The lowest BCUT2D eigenvalue weighted by atomic mass is 10.2. The van der Waals surface area contributed by atoms with Crippen LogP contribution in [0.15, 0.2) is 37.5 Å². The van der Waals surface area contributed by atoms with Crippen LogP contribution in [0.1, 0.15) is 5.89 Å². The Morgan fingerprint density at radius 1 is 1.12 bits per heavy atom. The number of benzene rings is 1. The van der Waals surface area contributed by atoms with E-state index >= 15 is 0 Å². The smallest absolute Gasteiger partial charge is 0.248 e. The maximum absolute atomic E-state index is 5.75. The van der Waals surface area contributed by atoms with Gasteiger partial charge in [-0.15, -0.1) is 20.4 Å². The maximum Gasteiger partial charge on any atom is 0.248 e. The van der Waals surface area contributed by atoms with Gasteiger partial charge in [-0.1, -0.05) is 35.2 Å². The van der Waals surface area contributed by atoms with Gasteiger partial charge in [-0.2, -0.15) is 0 Å². The van der Waals surface area contributed by atoms with Crippen molar-refractivity contribution in [3.63, 3.8) is 0 Å². The first-order valence-electron chi connectivity index (χ1n) is 7.66. The molecule has 7 nitrogen and oxygen atoms in total. The molecule has 0 bridgehead atoms. The van der Waals surface area contributed by atoms with E-state index in [9.17, 15) is 0 Å². The molecule has 25 heavy (non-hydrogen) atoms. The minimum atomic E-state index is 0.509. The number of hydrogen-bond acceptors (Lipinski definition) is 9. The highest BCUT2D eigenvalue weighted by atomic mass is 79.9. The van der Waals surface area contributed by atoms with Crippen LogP contribution in [-0.4, -0.2) is 46.7 Å². The summed E-state index contributed by atoms with van der Waals surface area (Å²) in [6.45, 7) is 3.19. The van der Waals surface area contributed by atoms with Crippen LogP contribution >= 0.6 is 39.0 Å². The number of thioether (sulfide) groups is 1. The second kappa shape index (κ2) is 7.81. The van der Waals surface area contributed by atoms with E-state index < -0.39 is 0 Å². The van der Waals surface area contributed by atoms with Crippen molar-refractivity contribution in [3.8, 4) is 11.5 Å². The highest BCUT2D eigenvalue weighted by Crippen LogP contribution is 2.32. The second-order valence-electron chi connectivity index (χ2n) is 5.22. The fourth-order valence-corrected chi connectivity index (χ4v) is 4.51. The molecule has 1 aliphatic heterocycles. The Labute approximate surface area is 160 Å². The summed E-state index contributed by atoms with van der Waals surface area (Å²) in [6.07, 6.45) is 0. The summed E-state index contributed by atoms with van der Waals surface area (Å²) in [5.41, 5.74) is 0.886. The SMILES string of the molecule is Brc1ccccc1-c1nnc(CSc2nnc(N3CCOCC3)s2)o1. The minimum absolute atomic E-state index is 0.509. The maximum atomic E-state index is 5.75. The number of anilines is 1. The zero-order valence-corrected chi connectivity index (χ0v) is 16.3. The Morgan fingerprint density at radius 3 is 2.80 bits per heavy atom. The van der Waals surface area contributed by atoms with Gasteiger partial charge in [0.2, 0.25) is 16.9 Å². The van der Waals surface area contributed by atoms with Gasteiger partial charge in [0.1, 0.15) is 0 Å². The second-order valence-corrected chi connectivity index (χ2v) is 8.25. The average Bonchev–Trinajstić information content (AvgIpc) is 3.31. The van der Waals surface area contributed by atoms with E-state index in [1.54, 1.807) is 23.1 Å². The molecular formula is C15H14BrN5O2S2. The van der Waals surface area contributed by atoms with Crippen molar-refractivity contribution in [2.45, 2.75) is 10.1 Å². The third-order valence-corrected chi connectivity index (χ3v) is 6.36. The number of rotatable bonds is 5. The van der Waals surface area contributed by atoms with Crippen LogP contribution in [0.2, 0.25) is 0 Å². The molecule has 3 heterocycles. The topological polar surface area (TPSA) is 77.2 Å². The van der Waals surface area contributed by atoms with E-state index in [-0.39, 0.29) is 0 Å². The summed E-state index contributed by atoms with van der Waals surface area (Å²) in [7, 11) is 0. The van der Waals surface area contributed by atoms with E-state index in [0.29, 0.717) is 17.5 Å². The van der Waals surface area contributed by atoms with Gasteiger partial charge < -0.3 is 14.1 Å². The molecule has 0 atom stereocenters. The van der Waals surface area contributed by atoms with Crippen LogP contribution in [0.3, 0.4) is 0 Å². The summed E-state index contributed by atoms with van der Waals surface area (Å²) >= 11 is 6.62. The molecule has 1 saturated heterocycles. The van der Waals surface area contributed by atoms with E-state index in [4.69, 9.17) is 9.15 Å². The third kappa shape index (κ3) is 4.02. The zero-order valence-electron chi connectivity index (χ0n) is 13.1. The van der Waals surface area contributed by atoms with Crippen LogP contribution < -0.4 is 4.90 Å². The Kier molecular flexibility index (Phi) is 5.30. The number of ether oxygens (including phenoxy) is 1. The monoisotopic (exact) mass is 439 g/mol. The number of hydrogen-bond donors (Lipinski definition) is 0. The van der Waals surface area contributed by atoms with Gasteiger partial charge in [-0.25, -0.2) is 0 Å². The molecule has 0 unspecified atom stereocenters. The van der Waals surface area contributed by atoms with Crippen molar-refractivity contribution >= 4 is 44.2 Å². The first-order chi connectivity index (χ1) is 12.3. The lowest BCUT2D eigenvalue weighted by Crippen LogP contribution is -2.36. The summed E-state index contributed by atoms with van der Waals surface area (Å²) in [6, 6.07) is 7.77. The molecular weight excluding hydrogens is 426 g/mol. The van der Waals surface area contributed by atoms with Crippen LogP contribution in [-0.2, 0) is 10.5 Å². The normalized spacial score (nSPS) is 14.8. The van der Waals surface area contributed by atoms with Gasteiger partial charge in [0, 0.05) is 17.6 Å². The fourth-order valence-electron chi connectivity index (χ4n) is 2.32.